The SMILES string of the molecule is CC1CCN(C(=O)C(C)(C)C(=O)NCc2cccnc2)CC1. The summed E-state index contributed by atoms with van der Waals surface area (Å²) in [5.41, 5.74) is -0.117. The number of rotatable bonds is 4. The van der Waals surface area contributed by atoms with E-state index in [-0.39, 0.29) is 11.8 Å². The van der Waals surface area contributed by atoms with Gasteiger partial charge in [-0.2, -0.15) is 0 Å². The molecule has 5 heteroatoms. The number of nitrogens with one attached hydrogen (secondary N) is 1. The van der Waals surface area contributed by atoms with Gasteiger partial charge in [-0.1, -0.05) is 13.0 Å². The highest BCUT2D eigenvalue weighted by atomic mass is 16.2. The second kappa shape index (κ2) is 6.90. The lowest BCUT2D eigenvalue weighted by atomic mass is 9.88. The van der Waals surface area contributed by atoms with E-state index in [0.29, 0.717) is 12.5 Å². The van der Waals surface area contributed by atoms with Gasteiger partial charge in [0.05, 0.1) is 0 Å². The molecular formula is C17H25N3O2. The third-order valence-electron chi connectivity index (χ3n) is 4.35. The highest BCUT2D eigenvalue weighted by molar-refractivity contribution is 6.04. The number of aromatic nitrogens is 1. The van der Waals surface area contributed by atoms with Crippen molar-refractivity contribution in [1.29, 1.82) is 0 Å². The van der Waals surface area contributed by atoms with Crippen LogP contribution in [-0.4, -0.2) is 34.8 Å². The number of hydrogen-bond acceptors (Lipinski definition) is 3. The highest BCUT2D eigenvalue weighted by Crippen LogP contribution is 2.24. The summed E-state index contributed by atoms with van der Waals surface area (Å²) in [7, 11) is 0. The summed E-state index contributed by atoms with van der Waals surface area (Å²) >= 11 is 0. The predicted octanol–water partition coefficient (Wildman–Crippen LogP) is 1.98. The number of pyridine rings is 1. The maximum absolute atomic E-state index is 12.6. The number of nitrogens with zero attached hydrogens (tertiary/aromatic N) is 2. The van der Waals surface area contributed by atoms with E-state index in [0.717, 1.165) is 31.5 Å². The molecular weight excluding hydrogens is 278 g/mol. The van der Waals surface area contributed by atoms with E-state index in [2.05, 4.69) is 17.2 Å². The molecule has 22 heavy (non-hydrogen) atoms. The maximum Gasteiger partial charge on any atom is 0.237 e. The van der Waals surface area contributed by atoms with Crippen LogP contribution in [0, 0.1) is 11.3 Å². The van der Waals surface area contributed by atoms with Crippen LogP contribution in [0.5, 0.6) is 0 Å². The molecule has 2 heterocycles. The largest absolute Gasteiger partial charge is 0.351 e. The molecule has 0 unspecified atom stereocenters. The van der Waals surface area contributed by atoms with E-state index in [9.17, 15) is 9.59 Å². The van der Waals surface area contributed by atoms with Gasteiger partial charge in [-0.25, -0.2) is 0 Å². The summed E-state index contributed by atoms with van der Waals surface area (Å²) in [5.74, 6) is 0.342. The molecule has 1 aliphatic rings. The monoisotopic (exact) mass is 303 g/mol. The minimum absolute atomic E-state index is 0.0805. The molecule has 0 saturated carbocycles. The Morgan fingerprint density at radius 3 is 2.64 bits per heavy atom. The van der Waals surface area contributed by atoms with Crippen LogP contribution in [0.25, 0.3) is 0 Å². The van der Waals surface area contributed by atoms with Crippen molar-refractivity contribution in [2.45, 2.75) is 40.2 Å². The predicted molar refractivity (Wildman–Crippen MR) is 84.8 cm³/mol. The molecule has 0 spiro atoms. The first-order valence-corrected chi connectivity index (χ1v) is 7.88. The van der Waals surface area contributed by atoms with E-state index in [1.165, 1.54) is 0 Å². The Morgan fingerprint density at radius 1 is 1.36 bits per heavy atom. The fraction of sp³-hybridized carbons (Fsp3) is 0.588. The minimum atomic E-state index is -1.04. The Hall–Kier alpha value is -1.91. The Balaban J connectivity index is 1.93. The standard InChI is InChI=1S/C17H25N3O2/c1-13-6-9-20(10-7-13)16(22)17(2,3)15(21)19-12-14-5-4-8-18-11-14/h4-5,8,11,13H,6-7,9-10,12H2,1-3H3,(H,19,21). The lowest BCUT2D eigenvalue weighted by molar-refractivity contribution is -0.149. The fourth-order valence-electron chi connectivity index (χ4n) is 2.61. The van der Waals surface area contributed by atoms with Gasteiger partial charge in [0.25, 0.3) is 0 Å². The van der Waals surface area contributed by atoms with Gasteiger partial charge in [0, 0.05) is 32.0 Å². The Bertz CT molecular complexity index is 520. The molecule has 1 aromatic heterocycles. The average molecular weight is 303 g/mol. The number of hydrogen-bond donors (Lipinski definition) is 1. The van der Waals surface area contributed by atoms with Crippen LogP contribution in [-0.2, 0) is 16.1 Å². The molecule has 2 rings (SSSR count). The molecule has 120 valence electrons. The molecule has 0 radical (unpaired) electrons. The van der Waals surface area contributed by atoms with Crippen molar-refractivity contribution in [3.8, 4) is 0 Å². The van der Waals surface area contributed by atoms with Crippen molar-refractivity contribution in [1.82, 2.24) is 15.2 Å². The third kappa shape index (κ3) is 3.84. The summed E-state index contributed by atoms with van der Waals surface area (Å²) < 4.78 is 0. The van der Waals surface area contributed by atoms with Gasteiger partial charge in [0.15, 0.2) is 0 Å². The molecule has 0 aromatic carbocycles. The van der Waals surface area contributed by atoms with Crippen molar-refractivity contribution >= 4 is 11.8 Å². The van der Waals surface area contributed by atoms with Crippen LogP contribution < -0.4 is 5.32 Å². The van der Waals surface area contributed by atoms with E-state index in [1.54, 1.807) is 26.2 Å². The van der Waals surface area contributed by atoms with Crippen LogP contribution in [0.4, 0.5) is 0 Å². The average Bonchev–Trinajstić information content (AvgIpc) is 2.53. The molecule has 1 N–H and O–H groups in total. The topological polar surface area (TPSA) is 62.3 Å². The fourth-order valence-corrected chi connectivity index (χ4v) is 2.61. The van der Waals surface area contributed by atoms with Crippen molar-refractivity contribution in [3.05, 3.63) is 30.1 Å². The van der Waals surface area contributed by atoms with Gasteiger partial charge in [0.1, 0.15) is 5.41 Å². The zero-order chi connectivity index (χ0) is 16.2. The molecule has 2 amide bonds. The molecule has 1 aromatic rings. The number of likely N-dealkylation sites (tertiary alicyclic amines) is 1. The summed E-state index contributed by atoms with van der Waals surface area (Å²) in [6, 6.07) is 3.72. The Morgan fingerprint density at radius 2 is 2.05 bits per heavy atom. The molecule has 1 aliphatic heterocycles. The summed E-state index contributed by atoms with van der Waals surface area (Å²) in [5, 5.41) is 2.84. The van der Waals surface area contributed by atoms with Crippen molar-refractivity contribution in [2.75, 3.05) is 13.1 Å². The first-order valence-electron chi connectivity index (χ1n) is 7.88. The van der Waals surface area contributed by atoms with Gasteiger partial charge in [-0.3, -0.25) is 14.6 Å². The molecule has 5 nitrogen and oxygen atoms in total. The maximum atomic E-state index is 12.6. The summed E-state index contributed by atoms with van der Waals surface area (Å²) in [6.07, 6.45) is 5.43. The van der Waals surface area contributed by atoms with Crippen LogP contribution in [0.3, 0.4) is 0 Å². The molecule has 1 fully saturated rings. The van der Waals surface area contributed by atoms with E-state index >= 15 is 0 Å². The number of carbonyl (C=O) groups excluding carboxylic acids is 2. The van der Waals surface area contributed by atoms with Crippen molar-refractivity contribution in [3.63, 3.8) is 0 Å². The molecule has 0 aliphatic carbocycles. The minimum Gasteiger partial charge on any atom is -0.351 e. The van der Waals surface area contributed by atoms with Crippen LogP contribution in [0.2, 0.25) is 0 Å². The van der Waals surface area contributed by atoms with E-state index in [1.807, 2.05) is 17.0 Å². The zero-order valence-corrected chi connectivity index (χ0v) is 13.6. The smallest absolute Gasteiger partial charge is 0.237 e. The van der Waals surface area contributed by atoms with Gasteiger partial charge in [-0.05, 0) is 44.2 Å². The summed E-state index contributed by atoms with van der Waals surface area (Å²) in [4.78, 5) is 30.9. The number of piperidine rings is 1. The van der Waals surface area contributed by atoms with E-state index in [4.69, 9.17) is 0 Å². The van der Waals surface area contributed by atoms with E-state index < -0.39 is 5.41 Å². The lowest BCUT2D eigenvalue weighted by Crippen LogP contribution is -2.51. The van der Waals surface area contributed by atoms with Gasteiger partial charge in [0.2, 0.25) is 11.8 Å². The lowest BCUT2D eigenvalue weighted by Gasteiger charge is -2.35. The van der Waals surface area contributed by atoms with Gasteiger partial charge >= 0.3 is 0 Å². The normalized spacial score (nSPS) is 16.4. The second-order valence-electron chi connectivity index (χ2n) is 6.64. The number of amides is 2. The van der Waals surface area contributed by atoms with Crippen LogP contribution >= 0.6 is 0 Å². The van der Waals surface area contributed by atoms with Crippen molar-refractivity contribution in [2.24, 2.45) is 11.3 Å². The summed E-state index contributed by atoms with van der Waals surface area (Å²) in [6.45, 7) is 7.49. The molecule has 1 saturated heterocycles. The first-order chi connectivity index (χ1) is 10.4. The third-order valence-corrected chi connectivity index (χ3v) is 4.35. The van der Waals surface area contributed by atoms with Crippen LogP contribution in [0.15, 0.2) is 24.5 Å². The first kappa shape index (κ1) is 16.5. The molecule has 0 bridgehead atoms. The Kier molecular flexibility index (Phi) is 5.16. The molecule has 0 atom stereocenters. The Labute approximate surface area is 132 Å². The quantitative estimate of drug-likeness (QED) is 0.865. The second-order valence-corrected chi connectivity index (χ2v) is 6.64. The van der Waals surface area contributed by atoms with Crippen molar-refractivity contribution < 1.29 is 9.59 Å². The van der Waals surface area contributed by atoms with Gasteiger partial charge in [-0.15, -0.1) is 0 Å². The highest BCUT2D eigenvalue weighted by Gasteiger charge is 2.39. The van der Waals surface area contributed by atoms with Gasteiger partial charge < -0.3 is 10.2 Å². The zero-order valence-electron chi connectivity index (χ0n) is 13.6. The number of carbonyl (C=O) groups is 2. The van der Waals surface area contributed by atoms with Crippen LogP contribution in [0.1, 0.15) is 39.2 Å².